The molecule has 2 unspecified atom stereocenters. The number of hydrogen-bond acceptors (Lipinski definition) is 4. The quantitative estimate of drug-likeness (QED) is 0.905. The zero-order chi connectivity index (χ0) is 14.3. The predicted molar refractivity (Wildman–Crippen MR) is 84.1 cm³/mol. The summed E-state index contributed by atoms with van der Waals surface area (Å²) in [5, 5.41) is 16.5. The standard InChI is InChI=1S/C16H20N2OS/c1-10-17-13(9-20-10)11-4-6-12(7-5-11)18-14-8-15(19)16(14,2)3/h4-7,9,14-15,18-19H,8H2,1-3H3. The monoisotopic (exact) mass is 288 g/mol. The minimum atomic E-state index is -0.197. The maximum Gasteiger partial charge on any atom is 0.0901 e. The second-order valence-electron chi connectivity index (χ2n) is 6.10. The van der Waals surface area contributed by atoms with E-state index >= 15 is 0 Å². The summed E-state index contributed by atoms with van der Waals surface area (Å²) in [6.07, 6.45) is 0.622. The van der Waals surface area contributed by atoms with E-state index in [4.69, 9.17) is 0 Å². The fourth-order valence-electron chi connectivity index (χ4n) is 2.58. The SMILES string of the molecule is Cc1nc(-c2ccc(NC3CC(O)C3(C)C)cc2)cs1. The number of benzene rings is 1. The molecule has 1 aliphatic carbocycles. The average molecular weight is 288 g/mol. The Morgan fingerprint density at radius 3 is 2.50 bits per heavy atom. The molecule has 4 heteroatoms. The van der Waals surface area contributed by atoms with Crippen LogP contribution in [0.5, 0.6) is 0 Å². The molecule has 1 aromatic carbocycles. The van der Waals surface area contributed by atoms with Crippen LogP contribution in [-0.4, -0.2) is 22.2 Å². The molecule has 0 spiro atoms. The Balaban J connectivity index is 1.71. The Morgan fingerprint density at radius 1 is 1.30 bits per heavy atom. The molecule has 20 heavy (non-hydrogen) atoms. The number of aryl methyl sites for hydroxylation is 1. The van der Waals surface area contributed by atoms with E-state index in [1.165, 1.54) is 0 Å². The van der Waals surface area contributed by atoms with Crippen LogP contribution in [0.15, 0.2) is 29.6 Å². The number of nitrogens with zero attached hydrogens (tertiary/aromatic N) is 1. The van der Waals surface area contributed by atoms with Gasteiger partial charge in [0.15, 0.2) is 0 Å². The van der Waals surface area contributed by atoms with Crippen molar-refractivity contribution in [3.63, 3.8) is 0 Å². The molecule has 1 heterocycles. The number of nitrogens with one attached hydrogen (secondary N) is 1. The third-order valence-electron chi connectivity index (χ3n) is 4.36. The number of rotatable bonds is 3. The zero-order valence-corrected chi connectivity index (χ0v) is 12.9. The number of aliphatic hydroxyl groups is 1. The van der Waals surface area contributed by atoms with Crippen LogP contribution in [-0.2, 0) is 0 Å². The molecule has 0 bridgehead atoms. The fourth-order valence-corrected chi connectivity index (χ4v) is 3.20. The molecule has 0 amide bonds. The van der Waals surface area contributed by atoms with E-state index in [0.29, 0.717) is 6.04 Å². The van der Waals surface area contributed by atoms with Crippen LogP contribution in [0, 0.1) is 12.3 Å². The summed E-state index contributed by atoms with van der Waals surface area (Å²) < 4.78 is 0. The molecule has 106 valence electrons. The van der Waals surface area contributed by atoms with Crippen molar-refractivity contribution >= 4 is 17.0 Å². The van der Waals surface area contributed by atoms with Crippen LogP contribution in [0.3, 0.4) is 0 Å². The molecular formula is C16H20N2OS. The first-order chi connectivity index (χ1) is 9.46. The minimum Gasteiger partial charge on any atom is -0.392 e. The van der Waals surface area contributed by atoms with Gasteiger partial charge in [0, 0.05) is 28.1 Å². The normalized spacial score (nSPS) is 24.2. The summed E-state index contributed by atoms with van der Waals surface area (Å²) in [7, 11) is 0. The van der Waals surface area contributed by atoms with Gasteiger partial charge < -0.3 is 10.4 Å². The highest BCUT2D eigenvalue weighted by molar-refractivity contribution is 7.09. The highest BCUT2D eigenvalue weighted by Gasteiger charge is 2.47. The first kappa shape index (κ1) is 13.6. The average Bonchev–Trinajstić information content (AvgIpc) is 2.86. The molecule has 0 aliphatic heterocycles. The summed E-state index contributed by atoms with van der Waals surface area (Å²) in [4.78, 5) is 4.50. The Hall–Kier alpha value is -1.39. The molecule has 3 rings (SSSR count). The second kappa shape index (κ2) is 4.86. The maximum absolute atomic E-state index is 9.77. The van der Waals surface area contributed by atoms with E-state index in [2.05, 4.69) is 53.8 Å². The van der Waals surface area contributed by atoms with E-state index < -0.39 is 0 Å². The number of aromatic nitrogens is 1. The molecule has 0 saturated heterocycles. The lowest BCUT2D eigenvalue weighted by Gasteiger charge is -2.49. The molecule has 0 radical (unpaired) electrons. The van der Waals surface area contributed by atoms with Gasteiger partial charge in [0.2, 0.25) is 0 Å². The van der Waals surface area contributed by atoms with E-state index in [1.807, 2.05) is 6.92 Å². The van der Waals surface area contributed by atoms with Crippen molar-refractivity contribution in [3.05, 3.63) is 34.7 Å². The molecule has 1 fully saturated rings. The number of thiazole rings is 1. The van der Waals surface area contributed by atoms with Gasteiger partial charge in [-0.2, -0.15) is 0 Å². The smallest absolute Gasteiger partial charge is 0.0901 e. The van der Waals surface area contributed by atoms with Gasteiger partial charge in [-0.25, -0.2) is 4.98 Å². The molecule has 2 aromatic rings. The van der Waals surface area contributed by atoms with Crippen LogP contribution in [0.4, 0.5) is 5.69 Å². The fraction of sp³-hybridized carbons (Fsp3) is 0.438. The van der Waals surface area contributed by atoms with Crippen LogP contribution in [0.25, 0.3) is 11.3 Å². The third kappa shape index (κ3) is 2.34. The molecule has 1 aliphatic rings. The van der Waals surface area contributed by atoms with Gasteiger partial charge >= 0.3 is 0 Å². The largest absolute Gasteiger partial charge is 0.392 e. The van der Waals surface area contributed by atoms with Crippen LogP contribution in [0.1, 0.15) is 25.3 Å². The summed E-state index contributed by atoms with van der Waals surface area (Å²) in [5.74, 6) is 0. The highest BCUT2D eigenvalue weighted by atomic mass is 32.1. The van der Waals surface area contributed by atoms with Gasteiger partial charge in [-0.3, -0.25) is 0 Å². The highest BCUT2D eigenvalue weighted by Crippen LogP contribution is 2.42. The summed E-state index contributed by atoms with van der Waals surface area (Å²) in [6, 6.07) is 8.71. The molecule has 2 atom stereocenters. The topological polar surface area (TPSA) is 45.2 Å². The molecular weight excluding hydrogens is 268 g/mol. The van der Waals surface area contributed by atoms with Crippen molar-refractivity contribution in [3.8, 4) is 11.3 Å². The molecule has 2 N–H and O–H groups in total. The van der Waals surface area contributed by atoms with Gasteiger partial charge in [-0.15, -0.1) is 11.3 Å². The van der Waals surface area contributed by atoms with Crippen molar-refractivity contribution in [2.45, 2.75) is 39.3 Å². The lowest BCUT2D eigenvalue weighted by Crippen LogP contribution is -2.56. The second-order valence-corrected chi connectivity index (χ2v) is 7.16. The molecule has 1 aromatic heterocycles. The van der Waals surface area contributed by atoms with Gasteiger partial charge in [-0.05, 0) is 25.5 Å². The Labute approximate surface area is 123 Å². The van der Waals surface area contributed by atoms with Crippen molar-refractivity contribution in [1.29, 1.82) is 0 Å². The van der Waals surface area contributed by atoms with Crippen molar-refractivity contribution < 1.29 is 5.11 Å². The van der Waals surface area contributed by atoms with Gasteiger partial charge in [0.1, 0.15) is 0 Å². The molecule has 3 nitrogen and oxygen atoms in total. The van der Waals surface area contributed by atoms with Gasteiger partial charge in [-0.1, -0.05) is 26.0 Å². The van der Waals surface area contributed by atoms with E-state index in [0.717, 1.165) is 28.4 Å². The number of aliphatic hydroxyl groups excluding tert-OH is 1. The van der Waals surface area contributed by atoms with E-state index in [9.17, 15) is 5.11 Å². The third-order valence-corrected chi connectivity index (χ3v) is 5.13. The van der Waals surface area contributed by atoms with Crippen molar-refractivity contribution in [1.82, 2.24) is 4.98 Å². The minimum absolute atomic E-state index is 0.0509. The van der Waals surface area contributed by atoms with Crippen LogP contribution < -0.4 is 5.32 Å². The van der Waals surface area contributed by atoms with E-state index in [1.54, 1.807) is 11.3 Å². The summed E-state index contributed by atoms with van der Waals surface area (Å²) in [6.45, 7) is 6.23. The first-order valence-corrected chi connectivity index (χ1v) is 7.82. The number of anilines is 1. The summed E-state index contributed by atoms with van der Waals surface area (Å²) >= 11 is 1.67. The predicted octanol–water partition coefficient (Wildman–Crippen LogP) is 3.69. The van der Waals surface area contributed by atoms with Crippen molar-refractivity contribution in [2.24, 2.45) is 5.41 Å². The number of hydrogen-bond donors (Lipinski definition) is 2. The Bertz CT molecular complexity index is 603. The maximum atomic E-state index is 9.77. The zero-order valence-electron chi connectivity index (χ0n) is 12.1. The Morgan fingerprint density at radius 2 is 2.00 bits per heavy atom. The molecule has 1 saturated carbocycles. The van der Waals surface area contributed by atoms with Gasteiger partial charge in [0.05, 0.1) is 16.8 Å². The van der Waals surface area contributed by atoms with Crippen LogP contribution in [0.2, 0.25) is 0 Å². The van der Waals surface area contributed by atoms with E-state index in [-0.39, 0.29) is 11.5 Å². The summed E-state index contributed by atoms with van der Waals surface area (Å²) in [5.41, 5.74) is 3.24. The van der Waals surface area contributed by atoms with Crippen LogP contribution >= 0.6 is 11.3 Å². The first-order valence-electron chi connectivity index (χ1n) is 6.94. The van der Waals surface area contributed by atoms with Gasteiger partial charge in [0.25, 0.3) is 0 Å². The lowest BCUT2D eigenvalue weighted by molar-refractivity contribution is -0.0510. The van der Waals surface area contributed by atoms with Crippen molar-refractivity contribution in [2.75, 3.05) is 5.32 Å². The lowest BCUT2D eigenvalue weighted by atomic mass is 9.64. The Kier molecular flexibility index (Phi) is 3.30.